The van der Waals surface area contributed by atoms with Gasteiger partial charge in [0.2, 0.25) is 10.0 Å². The molecule has 0 N–H and O–H groups in total. The van der Waals surface area contributed by atoms with Gasteiger partial charge in [0.1, 0.15) is 0 Å². The van der Waals surface area contributed by atoms with E-state index in [-0.39, 0.29) is 0 Å². The van der Waals surface area contributed by atoms with Crippen LogP contribution in [0.5, 0.6) is 0 Å². The highest BCUT2D eigenvalue weighted by atomic mass is 32.2. The third-order valence-electron chi connectivity index (χ3n) is 5.83. The molecule has 2 heterocycles. The first-order valence-corrected chi connectivity index (χ1v) is 11.9. The fourth-order valence-corrected chi connectivity index (χ4v) is 5.75. The van der Waals surface area contributed by atoms with Crippen molar-refractivity contribution < 1.29 is 8.42 Å². The van der Waals surface area contributed by atoms with Gasteiger partial charge in [-0.2, -0.15) is 4.31 Å². The Morgan fingerprint density at radius 3 is 2.06 bits per heavy atom. The molecule has 1 saturated heterocycles. The van der Waals surface area contributed by atoms with Crippen molar-refractivity contribution in [2.75, 3.05) is 31.1 Å². The van der Waals surface area contributed by atoms with Crippen LogP contribution in [0.2, 0.25) is 0 Å². The molecule has 3 aromatic rings. The molecule has 6 nitrogen and oxygen atoms in total. The maximum Gasteiger partial charge on any atom is 0.243 e. The standard InChI is InChI=1S/C24H28N4O2S/c1-17-6-8-21(20(4)15-17)22-9-10-24(26-25-22)27-11-13-28(14-12-27)31(29,30)23-16-18(2)5-7-19(23)3/h5-10,15-16H,11-14H2,1-4H3. The Hall–Kier alpha value is -2.77. The number of rotatable bonds is 4. The third kappa shape index (κ3) is 4.34. The second-order valence-electron chi connectivity index (χ2n) is 8.26. The summed E-state index contributed by atoms with van der Waals surface area (Å²) in [6.45, 7) is 9.93. The smallest absolute Gasteiger partial charge is 0.243 e. The summed E-state index contributed by atoms with van der Waals surface area (Å²) in [6, 6.07) is 15.8. The minimum Gasteiger partial charge on any atom is -0.352 e. The van der Waals surface area contributed by atoms with Crippen LogP contribution in [0.1, 0.15) is 22.3 Å². The number of hydrogen-bond donors (Lipinski definition) is 0. The van der Waals surface area contributed by atoms with Gasteiger partial charge in [0.05, 0.1) is 10.6 Å². The summed E-state index contributed by atoms with van der Waals surface area (Å²) in [5.41, 5.74) is 6.04. The molecule has 162 valence electrons. The molecule has 0 spiro atoms. The van der Waals surface area contributed by atoms with E-state index in [0.717, 1.165) is 28.2 Å². The minimum absolute atomic E-state index is 0.401. The number of benzene rings is 2. The highest BCUT2D eigenvalue weighted by Crippen LogP contribution is 2.25. The first-order chi connectivity index (χ1) is 14.8. The molecule has 0 aliphatic carbocycles. The molecule has 1 fully saturated rings. The van der Waals surface area contributed by atoms with E-state index in [1.807, 2.05) is 38.1 Å². The first kappa shape index (κ1) is 21.5. The van der Waals surface area contributed by atoms with E-state index in [9.17, 15) is 8.42 Å². The third-order valence-corrected chi connectivity index (χ3v) is 7.87. The van der Waals surface area contributed by atoms with Gasteiger partial charge in [-0.15, -0.1) is 10.2 Å². The van der Waals surface area contributed by atoms with Crippen LogP contribution in [0.25, 0.3) is 11.3 Å². The van der Waals surface area contributed by atoms with E-state index in [2.05, 4.69) is 47.1 Å². The van der Waals surface area contributed by atoms with Crippen LogP contribution in [-0.2, 0) is 10.0 Å². The Bertz CT molecular complexity index is 1200. The van der Waals surface area contributed by atoms with E-state index in [4.69, 9.17) is 0 Å². The fraction of sp³-hybridized carbons (Fsp3) is 0.333. The first-order valence-electron chi connectivity index (χ1n) is 10.5. The summed E-state index contributed by atoms with van der Waals surface area (Å²) in [5.74, 6) is 0.775. The maximum absolute atomic E-state index is 13.1. The van der Waals surface area contributed by atoms with Crippen LogP contribution >= 0.6 is 0 Å². The summed E-state index contributed by atoms with van der Waals surface area (Å²) >= 11 is 0. The summed E-state index contributed by atoms with van der Waals surface area (Å²) in [5, 5.41) is 8.85. The van der Waals surface area contributed by atoms with Gasteiger partial charge in [0, 0.05) is 31.7 Å². The van der Waals surface area contributed by atoms with Gasteiger partial charge < -0.3 is 4.90 Å². The molecule has 0 unspecified atom stereocenters. The molecular formula is C24H28N4O2S. The molecule has 0 atom stereocenters. The largest absolute Gasteiger partial charge is 0.352 e. The molecule has 2 aromatic carbocycles. The van der Waals surface area contributed by atoms with Crippen molar-refractivity contribution in [2.45, 2.75) is 32.6 Å². The van der Waals surface area contributed by atoms with E-state index < -0.39 is 10.0 Å². The second-order valence-corrected chi connectivity index (χ2v) is 10.2. The molecule has 1 aliphatic heterocycles. The number of anilines is 1. The van der Waals surface area contributed by atoms with Crippen LogP contribution in [0, 0.1) is 27.7 Å². The van der Waals surface area contributed by atoms with Gasteiger partial charge in [-0.1, -0.05) is 35.9 Å². The van der Waals surface area contributed by atoms with Crippen molar-refractivity contribution in [3.63, 3.8) is 0 Å². The van der Waals surface area contributed by atoms with Crippen LogP contribution in [0.4, 0.5) is 5.82 Å². The Labute approximate surface area is 184 Å². The zero-order valence-corrected chi connectivity index (χ0v) is 19.3. The summed E-state index contributed by atoms with van der Waals surface area (Å²) < 4.78 is 27.9. The molecule has 1 aliphatic rings. The number of hydrogen-bond acceptors (Lipinski definition) is 5. The number of aromatic nitrogens is 2. The summed E-state index contributed by atoms with van der Waals surface area (Å²) in [7, 11) is -3.50. The fourth-order valence-electron chi connectivity index (χ4n) is 4.02. The van der Waals surface area contributed by atoms with Gasteiger partial charge >= 0.3 is 0 Å². The zero-order chi connectivity index (χ0) is 22.2. The Morgan fingerprint density at radius 1 is 0.742 bits per heavy atom. The van der Waals surface area contributed by atoms with Crippen LogP contribution < -0.4 is 4.90 Å². The Kier molecular flexibility index (Phi) is 5.81. The van der Waals surface area contributed by atoms with Crippen molar-refractivity contribution in [1.82, 2.24) is 14.5 Å². The lowest BCUT2D eigenvalue weighted by atomic mass is 10.0. The molecule has 7 heteroatoms. The van der Waals surface area contributed by atoms with E-state index in [0.29, 0.717) is 31.1 Å². The average molecular weight is 437 g/mol. The second kappa shape index (κ2) is 8.40. The van der Waals surface area contributed by atoms with Crippen molar-refractivity contribution in [3.05, 3.63) is 70.8 Å². The number of nitrogens with zero attached hydrogens (tertiary/aromatic N) is 4. The van der Waals surface area contributed by atoms with Crippen molar-refractivity contribution in [2.24, 2.45) is 0 Å². The van der Waals surface area contributed by atoms with Gasteiger partial charge in [-0.05, 0) is 62.6 Å². The predicted molar refractivity (Wildman–Crippen MR) is 124 cm³/mol. The molecule has 0 amide bonds. The molecular weight excluding hydrogens is 408 g/mol. The van der Waals surface area contributed by atoms with Crippen LogP contribution in [0.3, 0.4) is 0 Å². The minimum atomic E-state index is -3.50. The number of piperazine rings is 1. The van der Waals surface area contributed by atoms with Crippen LogP contribution in [0.15, 0.2) is 53.4 Å². The quantitative estimate of drug-likeness (QED) is 0.621. The van der Waals surface area contributed by atoms with E-state index in [1.54, 1.807) is 10.4 Å². The number of sulfonamides is 1. The van der Waals surface area contributed by atoms with Gasteiger partial charge in [-0.25, -0.2) is 8.42 Å². The molecule has 31 heavy (non-hydrogen) atoms. The highest BCUT2D eigenvalue weighted by molar-refractivity contribution is 7.89. The molecule has 0 radical (unpaired) electrons. The molecule has 0 saturated carbocycles. The topological polar surface area (TPSA) is 66.4 Å². The highest BCUT2D eigenvalue weighted by Gasteiger charge is 2.30. The lowest BCUT2D eigenvalue weighted by Gasteiger charge is -2.34. The lowest BCUT2D eigenvalue weighted by molar-refractivity contribution is 0.383. The van der Waals surface area contributed by atoms with Crippen molar-refractivity contribution in [3.8, 4) is 11.3 Å². The Morgan fingerprint density at radius 2 is 1.42 bits per heavy atom. The lowest BCUT2D eigenvalue weighted by Crippen LogP contribution is -2.49. The SMILES string of the molecule is Cc1ccc(-c2ccc(N3CCN(S(=O)(=O)c4cc(C)ccc4C)CC3)nn2)c(C)c1. The van der Waals surface area contributed by atoms with Crippen LogP contribution in [-0.4, -0.2) is 49.1 Å². The average Bonchev–Trinajstić information content (AvgIpc) is 2.76. The van der Waals surface area contributed by atoms with Gasteiger partial charge in [0.25, 0.3) is 0 Å². The van der Waals surface area contributed by atoms with Gasteiger partial charge in [0.15, 0.2) is 5.82 Å². The summed E-state index contributed by atoms with van der Waals surface area (Å²) in [4.78, 5) is 2.49. The normalized spacial score (nSPS) is 15.3. The van der Waals surface area contributed by atoms with Crippen molar-refractivity contribution in [1.29, 1.82) is 0 Å². The molecule has 0 bridgehead atoms. The summed E-state index contributed by atoms with van der Waals surface area (Å²) in [6.07, 6.45) is 0. The Balaban J connectivity index is 1.47. The molecule has 1 aromatic heterocycles. The van der Waals surface area contributed by atoms with E-state index >= 15 is 0 Å². The maximum atomic E-state index is 13.1. The molecule has 4 rings (SSSR count). The van der Waals surface area contributed by atoms with E-state index in [1.165, 1.54) is 11.1 Å². The zero-order valence-electron chi connectivity index (χ0n) is 18.5. The monoisotopic (exact) mass is 436 g/mol. The van der Waals surface area contributed by atoms with Gasteiger partial charge in [-0.3, -0.25) is 0 Å². The predicted octanol–water partition coefficient (Wildman–Crippen LogP) is 3.89. The van der Waals surface area contributed by atoms with Crippen molar-refractivity contribution >= 4 is 15.8 Å². The number of aryl methyl sites for hydroxylation is 4.